The van der Waals surface area contributed by atoms with E-state index >= 15 is 0 Å². The Hall–Kier alpha value is -0.720. The zero-order valence-electron chi connectivity index (χ0n) is 12.4. The van der Waals surface area contributed by atoms with E-state index in [0.29, 0.717) is 10.5 Å². The normalized spacial score (nSPS) is 28.5. The predicted octanol–water partition coefficient (Wildman–Crippen LogP) is 2.99. The van der Waals surface area contributed by atoms with Gasteiger partial charge in [0.2, 0.25) is 5.91 Å². The number of hydrogen-bond donors (Lipinski definition) is 2. The van der Waals surface area contributed by atoms with Gasteiger partial charge in [0.1, 0.15) is 6.04 Å². The molecule has 0 radical (unpaired) electrons. The second kappa shape index (κ2) is 5.82. The molecule has 0 aliphatic carbocycles. The van der Waals surface area contributed by atoms with E-state index in [9.17, 15) is 4.79 Å². The molecule has 114 valence electrons. The first-order valence-corrected chi connectivity index (χ1v) is 8.95. The van der Waals surface area contributed by atoms with Gasteiger partial charge in [0.05, 0.1) is 5.69 Å². The molecule has 2 heterocycles. The van der Waals surface area contributed by atoms with Crippen molar-refractivity contribution < 1.29 is 4.79 Å². The lowest BCUT2D eigenvalue weighted by molar-refractivity contribution is -0.117. The van der Waals surface area contributed by atoms with Gasteiger partial charge in [0, 0.05) is 39.3 Å². The number of thioether (sulfide) groups is 1. The van der Waals surface area contributed by atoms with Gasteiger partial charge in [-0.2, -0.15) is 11.8 Å². The Morgan fingerprint density at radius 2 is 2.00 bits per heavy atom. The standard InChI is InChI=1S/C15H20BrN3OS/c1-8-6-19(7-9(2)21-8)13-5-12-10(4-11(13)16)14(17-3)15(20)18-12/h4-5,8-9,14,17H,6-7H2,1-3H3,(H,18,20). The topological polar surface area (TPSA) is 44.4 Å². The van der Waals surface area contributed by atoms with Gasteiger partial charge in [-0.25, -0.2) is 0 Å². The second-order valence-electron chi connectivity index (χ2n) is 5.76. The van der Waals surface area contributed by atoms with E-state index in [4.69, 9.17) is 0 Å². The number of hydrogen-bond acceptors (Lipinski definition) is 4. The molecule has 2 N–H and O–H groups in total. The third-order valence-electron chi connectivity index (χ3n) is 4.00. The molecule has 4 nitrogen and oxygen atoms in total. The smallest absolute Gasteiger partial charge is 0.246 e. The number of rotatable bonds is 2. The number of amides is 1. The summed E-state index contributed by atoms with van der Waals surface area (Å²) >= 11 is 5.73. The van der Waals surface area contributed by atoms with Crippen LogP contribution in [0.2, 0.25) is 0 Å². The zero-order chi connectivity index (χ0) is 15.1. The van der Waals surface area contributed by atoms with Crippen LogP contribution in [0.3, 0.4) is 0 Å². The fourth-order valence-corrected chi connectivity index (χ4v) is 5.11. The number of fused-ring (bicyclic) bond motifs is 1. The summed E-state index contributed by atoms with van der Waals surface area (Å²) in [4.78, 5) is 14.4. The molecule has 21 heavy (non-hydrogen) atoms. The molecular formula is C15H20BrN3OS. The second-order valence-corrected chi connectivity index (χ2v) is 8.50. The highest BCUT2D eigenvalue weighted by atomic mass is 79.9. The molecule has 1 fully saturated rings. The summed E-state index contributed by atoms with van der Waals surface area (Å²) in [7, 11) is 1.81. The van der Waals surface area contributed by atoms with Crippen LogP contribution in [-0.4, -0.2) is 36.5 Å². The third kappa shape index (κ3) is 2.81. The maximum Gasteiger partial charge on any atom is 0.246 e. The predicted molar refractivity (Wildman–Crippen MR) is 93.3 cm³/mol. The van der Waals surface area contributed by atoms with Crippen LogP contribution in [0.15, 0.2) is 16.6 Å². The van der Waals surface area contributed by atoms with Crippen molar-refractivity contribution in [1.82, 2.24) is 5.32 Å². The Morgan fingerprint density at radius 3 is 2.62 bits per heavy atom. The molecule has 3 rings (SSSR count). The molecule has 0 aromatic heterocycles. The van der Waals surface area contributed by atoms with Gasteiger partial charge >= 0.3 is 0 Å². The van der Waals surface area contributed by atoms with Crippen molar-refractivity contribution in [2.45, 2.75) is 30.4 Å². The van der Waals surface area contributed by atoms with Gasteiger partial charge in [-0.1, -0.05) is 13.8 Å². The zero-order valence-corrected chi connectivity index (χ0v) is 14.8. The maximum absolute atomic E-state index is 12.0. The summed E-state index contributed by atoms with van der Waals surface area (Å²) in [6, 6.07) is 3.92. The molecule has 0 saturated carbocycles. The molecule has 3 unspecified atom stereocenters. The van der Waals surface area contributed by atoms with Gasteiger partial charge in [0.25, 0.3) is 0 Å². The number of likely N-dealkylation sites (N-methyl/N-ethyl adjacent to an activating group) is 1. The van der Waals surface area contributed by atoms with Crippen molar-refractivity contribution in [1.29, 1.82) is 0 Å². The molecule has 6 heteroatoms. The van der Waals surface area contributed by atoms with E-state index in [-0.39, 0.29) is 11.9 Å². The Balaban J connectivity index is 1.95. The summed E-state index contributed by atoms with van der Waals surface area (Å²) in [5.74, 6) is 0.0208. The van der Waals surface area contributed by atoms with Gasteiger partial charge in [-0.3, -0.25) is 4.79 Å². The highest BCUT2D eigenvalue weighted by Gasteiger charge is 2.31. The van der Waals surface area contributed by atoms with Crippen LogP contribution in [0.25, 0.3) is 0 Å². The molecule has 0 spiro atoms. The molecule has 1 aromatic rings. The van der Waals surface area contributed by atoms with E-state index in [1.54, 1.807) is 0 Å². The lowest BCUT2D eigenvalue weighted by Crippen LogP contribution is -2.40. The van der Waals surface area contributed by atoms with Gasteiger partial charge in [-0.05, 0) is 35.1 Å². The molecule has 2 aliphatic rings. The average molecular weight is 370 g/mol. The van der Waals surface area contributed by atoms with Crippen molar-refractivity contribution >= 4 is 45.0 Å². The van der Waals surface area contributed by atoms with Crippen LogP contribution in [0.5, 0.6) is 0 Å². The van der Waals surface area contributed by atoms with Crippen LogP contribution in [0.4, 0.5) is 11.4 Å². The number of nitrogens with zero attached hydrogens (tertiary/aromatic N) is 1. The number of nitrogens with one attached hydrogen (secondary N) is 2. The molecule has 1 aromatic carbocycles. The van der Waals surface area contributed by atoms with Crippen molar-refractivity contribution in [3.8, 4) is 0 Å². The van der Waals surface area contributed by atoms with Crippen LogP contribution in [-0.2, 0) is 4.79 Å². The highest BCUT2D eigenvalue weighted by molar-refractivity contribution is 9.10. The fourth-order valence-electron chi connectivity index (χ4n) is 3.17. The first kappa shape index (κ1) is 15.2. The van der Waals surface area contributed by atoms with Crippen LogP contribution in [0, 0.1) is 0 Å². The van der Waals surface area contributed by atoms with E-state index < -0.39 is 0 Å². The van der Waals surface area contributed by atoms with Gasteiger partial charge in [0.15, 0.2) is 0 Å². The highest BCUT2D eigenvalue weighted by Crippen LogP contribution is 2.40. The first-order valence-electron chi connectivity index (χ1n) is 7.21. The van der Waals surface area contributed by atoms with Crippen LogP contribution >= 0.6 is 27.7 Å². The monoisotopic (exact) mass is 369 g/mol. The summed E-state index contributed by atoms with van der Waals surface area (Å²) < 4.78 is 1.06. The number of carbonyl (C=O) groups is 1. The molecule has 3 atom stereocenters. The van der Waals surface area contributed by atoms with E-state index in [2.05, 4.69) is 57.4 Å². The largest absolute Gasteiger partial charge is 0.368 e. The maximum atomic E-state index is 12.0. The third-order valence-corrected chi connectivity index (χ3v) is 5.86. The average Bonchev–Trinajstić information content (AvgIpc) is 2.71. The van der Waals surface area contributed by atoms with Crippen molar-refractivity contribution in [2.75, 3.05) is 30.4 Å². The Labute approximate surface area is 138 Å². The minimum atomic E-state index is -0.250. The van der Waals surface area contributed by atoms with Crippen molar-refractivity contribution in [3.63, 3.8) is 0 Å². The van der Waals surface area contributed by atoms with Crippen LogP contribution in [0.1, 0.15) is 25.5 Å². The minimum Gasteiger partial charge on any atom is -0.368 e. The van der Waals surface area contributed by atoms with Crippen molar-refractivity contribution in [2.24, 2.45) is 0 Å². The van der Waals surface area contributed by atoms with Gasteiger partial charge < -0.3 is 15.5 Å². The van der Waals surface area contributed by atoms with E-state index in [1.807, 2.05) is 18.8 Å². The van der Waals surface area contributed by atoms with Crippen molar-refractivity contribution in [3.05, 3.63) is 22.2 Å². The summed E-state index contributed by atoms with van der Waals surface area (Å²) in [5.41, 5.74) is 3.12. The van der Waals surface area contributed by atoms with Crippen LogP contribution < -0.4 is 15.5 Å². The molecule has 1 saturated heterocycles. The quantitative estimate of drug-likeness (QED) is 0.840. The van der Waals surface area contributed by atoms with Gasteiger partial charge in [-0.15, -0.1) is 0 Å². The number of carbonyl (C=O) groups excluding carboxylic acids is 1. The summed E-state index contributed by atoms with van der Waals surface area (Å²) in [6.07, 6.45) is 0. The summed E-state index contributed by atoms with van der Waals surface area (Å²) in [5, 5.41) is 7.27. The Morgan fingerprint density at radius 1 is 1.33 bits per heavy atom. The molecular weight excluding hydrogens is 350 g/mol. The first-order chi connectivity index (χ1) is 9.99. The van der Waals surface area contributed by atoms with E-state index in [0.717, 1.165) is 28.8 Å². The summed E-state index contributed by atoms with van der Waals surface area (Å²) in [6.45, 7) is 6.62. The number of anilines is 2. The molecule has 2 aliphatic heterocycles. The lowest BCUT2D eigenvalue weighted by Gasteiger charge is -2.37. The van der Waals surface area contributed by atoms with E-state index in [1.165, 1.54) is 5.69 Å². The Kier molecular flexibility index (Phi) is 4.21. The SMILES string of the molecule is CNC1C(=O)Nc2cc(N3CC(C)SC(C)C3)c(Br)cc21. The number of benzene rings is 1. The molecule has 1 amide bonds. The molecule has 0 bridgehead atoms. The number of halogens is 1. The minimum absolute atomic E-state index is 0.0208. The lowest BCUT2D eigenvalue weighted by atomic mass is 10.1. The Bertz CT molecular complexity index is 570. The fraction of sp³-hybridized carbons (Fsp3) is 0.533.